The molecule has 1 unspecified atom stereocenters. The predicted octanol–water partition coefficient (Wildman–Crippen LogP) is 1.38. The summed E-state index contributed by atoms with van der Waals surface area (Å²) in [5.41, 5.74) is 6.75. The highest BCUT2D eigenvalue weighted by atomic mass is 14.9. The van der Waals surface area contributed by atoms with Crippen molar-refractivity contribution in [3.8, 4) is 0 Å². The molecule has 1 aliphatic rings. The molecule has 1 fully saturated rings. The summed E-state index contributed by atoms with van der Waals surface area (Å²) in [4.78, 5) is 7.53. The van der Waals surface area contributed by atoms with E-state index < -0.39 is 0 Å². The molecule has 0 aliphatic heterocycles. The van der Waals surface area contributed by atoms with Crippen LogP contribution in [0.5, 0.6) is 0 Å². The number of H-pyrrole nitrogens is 1. The second kappa shape index (κ2) is 2.90. The monoisotopic (exact) mass is 165 g/mol. The third-order valence-corrected chi connectivity index (χ3v) is 2.32. The number of rotatable bonds is 3. The van der Waals surface area contributed by atoms with Crippen LogP contribution in [-0.2, 0) is 6.42 Å². The largest absolute Gasteiger partial charge is 0.345 e. The number of aromatic amines is 1. The van der Waals surface area contributed by atoms with Crippen LogP contribution in [0.2, 0.25) is 0 Å². The van der Waals surface area contributed by atoms with Crippen molar-refractivity contribution < 1.29 is 0 Å². The molecule has 0 bridgehead atoms. The third-order valence-electron chi connectivity index (χ3n) is 2.32. The normalized spacial score (nSPS) is 19.5. The first-order chi connectivity index (χ1) is 5.75. The second-order valence-corrected chi connectivity index (χ2v) is 3.72. The minimum Gasteiger partial charge on any atom is -0.345 e. The Hall–Kier alpha value is -0.830. The first-order valence-electron chi connectivity index (χ1n) is 4.55. The minimum absolute atomic E-state index is 0.0745. The van der Waals surface area contributed by atoms with Crippen LogP contribution in [0, 0.1) is 5.92 Å². The van der Waals surface area contributed by atoms with Crippen LogP contribution >= 0.6 is 0 Å². The zero-order valence-corrected chi connectivity index (χ0v) is 7.38. The summed E-state index contributed by atoms with van der Waals surface area (Å²) in [6.07, 6.45) is 5.69. The van der Waals surface area contributed by atoms with Gasteiger partial charge >= 0.3 is 0 Å². The molecule has 0 saturated heterocycles. The zero-order chi connectivity index (χ0) is 8.55. The number of hydrogen-bond donors (Lipinski definition) is 2. The maximum absolute atomic E-state index is 5.70. The van der Waals surface area contributed by atoms with Crippen molar-refractivity contribution >= 4 is 0 Å². The van der Waals surface area contributed by atoms with Crippen LogP contribution in [0.4, 0.5) is 0 Å². The lowest BCUT2D eigenvalue weighted by atomic mass is 10.3. The highest BCUT2D eigenvalue weighted by Crippen LogP contribution is 2.31. The van der Waals surface area contributed by atoms with Crippen molar-refractivity contribution in [2.24, 2.45) is 11.7 Å². The van der Waals surface area contributed by atoms with Crippen molar-refractivity contribution in [1.29, 1.82) is 0 Å². The van der Waals surface area contributed by atoms with Crippen LogP contribution in [-0.4, -0.2) is 9.97 Å². The quantitative estimate of drug-likeness (QED) is 0.711. The van der Waals surface area contributed by atoms with Crippen LogP contribution < -0.4 is 5.73 Å². The van der Waals surface area contributed by atoms with Gasteiger partial charge in [0.2, 0.25) is 0 Å². The number of hydrogen-bond acceptors (Lipinski definition) is 2. The number of nitrogens with one attached hydrogen (secondary N) is 1. The van der Waals surface area contributed by atoms with E-state index in [1.165, 1.54) is 12.8 Å². The Morgan fingerprint density at radius 1 is 1.75 bits per heavy atom. The lowest BCUT2D eigenvalue weighted by molar-refractivity contribution is 0.755. The number of nitrogens with zero attached hydrogens (tertiary/aromatic N) is 1. The third kappa shape index (κ3) is 1.67. The topological polar surface area (TPSA) is 54.7 Å². The fraction of sp³-hybridized carbons (Fsp3) is 0.667. The number of aromatic nitrogens is 2. The Morgan fingerprint density at radius 3 is 3.00 bits per heavy atom. The van der Waals surface area contributed by atoms with E-state index in [0.717, 1.165) is 23.9 Å². The van der Waals surface area contributed by atoms with E-state index in [0.29, 0.717) is 0 Å². The molecule has 12 heavy (non-hydrogen) atoms. The zero-order valence-electron chi connectivity index (χ0n) is 7.38. The van der Waals surface area contributed by atoms with Gasteiger partial charge in [-0.2, -0.15) is 0 Å². The summed E-state index contributed by atoms with van der Waals surface area (Å²) in [6.45, 7) is 1.97. The molecule has 1 aromatic heterocycles. The van der Waals surface area contributed by atoms with E-state index in [1.54, 1.807) is 0 Å². The maximum atomic E-state index is 5.70. The van der Waals surface area contributed by atoms with Gasteiger partial charge in [-0.05, 0) is 25.7 Å². The molecular weight excluding hydrogens is 150 g/mol. The molecular formula is C9H15N3. The van der Waals surface area contributed by atoms with Crippen molar-refractivity contribution in [3.05, 3.63) is 17.7 Å². The van der Waals surface area contributed by atoms with Crippen molar-refractivity contribution in [2.75, 3.05) is 0 Å². The van der Waals surface area contributed by atoms with Crippen LogP contribution in [0.3, 0.4) is 0 Å². The van der Waals surface area contributed by atoms with E-state index >= 15 is 0 Å². The predicted molar refractivity (Wildman–Crippen MR) is 47.6 cm³/mol. The molecule has 2 rings (SSSR count). The molecule has 1 aromatic rings. The first kappa shape index (κ1) is 7.80. The highest BCUT2D eigenvalue weighted by Gasteiger charge is 2.22. The van der Waals surface area contributed by atoms with Crippen LogP contribution in [0.25, 0.3) is 0 Å². The molecule has 3 N–H and O–H groups in total. The van der Waals surface area contributed by atoms with Crippen molar-refractivity contribution in [2.45, 2.75) is 32.2 Å². The van der Waals surface area contributed by atoms with Gasteiger partial charge in [0.15, 0.2) is 0 Å². The lowest BCUT2D eigenvalue weighted by Crippen LogP contribution is -2.05. The summed E-state index contributed by atoms with van der Waals surface area (Å²) < 4.78 is 0. The van der Waals surface area contributed by atoms with Gasteiger partial charge in [0.25, 0.3) is 0 Å². The van der Waals surface area contributed by atoms with Gasteiger partial charge in [0.05, 0.1) is 5.69 Å². The molecule has 1 aliphatic carbocycles. The van der Waals surface area contributed by atoms with E-state index in [1.807, 2.05) is 13.1 Å². The molecule has 0 amide bonds. The Balaban J connectivity index is 2.02. The lowest BCUT2D eigenvalue weighted by Gasteiger charge is -1.98. The van der Waals surface area contributed by atoms with Gasteiger partial charge < -0.3 is 10.7 Å². The highest BCUT2D eigenvalue weighted by molar-refractivity contribution is 5.06. The molecule has 0 aromatic carbocycles. The van der Waals surface area contributed by atoms with Crippen LogP contribution in [0.1, 0.15) is 37.3 Å². The molecule has 1 atom stereocenters. The molecule has 66 valence electrons. The van der Waals surface area contributed by atoms with Crippen molar-refractivity contribution in [1.82, 2.24) is 9.97 Å². The van der Waals surface area contributed by atoms with E-state index in [2.05, 4.69) is 9.97 Å². The number of nitrogens with two attached hydrogens (primary N) is 1. The summed E-state index contributed by atoms with van der Waals surface area (Å²) in [7, 11) is 0. The fourth-order valence-electron chi connectivity index (χ4n) is 1.31. The average Bonchev–Trinajstić information content (AvgIpc) is 2.66. The smallest absolute Gasteiger partial charge is 0.106 e. The molecule has 0 radical (unpaired) electrons. The van der Waals surface area contributed by atoms with Crippen LogP contribution in [0.15, 0.2) is 6.20 Å². The van der Waals surface area contributed by atoms with E-state index in [9.17, 15) is 0 Å². The molecule has 1 saturated carbocycles. The van der Waals surface area contributed by atoms with Gasteiger partial charge in [-0.15, -0.1) is 0 Å². The van der Waals surface area contributed by atoms with Gasteiger partial charge in [0, 0.05) is 18.7 Å². The van der Waals surface area contributed by atoms with Gasteiger partial charge in [-0.25, -0.2) is 4.98 Å². The van der Waals surface area contributed by atoms with Gasteiger partial charge in [-0.1, -0.05) is 0 Å². The fourth-order valence-corrected chi connectivity index (χ4v) is 1.31. The van der Waals surface area contributed by atoms with Gasteiger partial charge in [0.1, 0.15) is 5.82 Å². The Morgan fingerprint density at radius 2 is 2.50 bits per heavy atom. The van der Waals surface area contributed by atoms with Gasteiger partial charge in [-0.3, -0.25) is 0 Å². The maximum Gasteiger partial charge on any atom is 0.106 e. The average molecular weight is 165 g/mol. The summed E-state index contributed by atoms with van der Waals surface area (Å²) in [5.74, 6) is 1.99. The Kier molecular flexibility index (Phi) is 1.89. The molecule has 3 nitrogen and oxygen atoms in total. The second-order valence-electron chi connectivity index (χ2n) is 3.72. The van der Waals surface area contributed by atoms with E-state index in [4.69, 9.17) is 5.73 Å². The molecule has 0 spiro atoms. The standard InChI is InChI=1S/C9H15N3/c1-6(10)8-5-11-9(12-8)4-7-2-3-7/h5-7H,2-4,10H2,1H3,(H,11,12). The summed E-state index contributed by atoms with van der Waals surface area (Å²) in [6, 6.07) is 0.0745. The van der Waals surface area contributed by atoms with E-state index in [-0.39, 0.29) is 6.04 Å². The molecule has 3 heteroatoms. The summed E-state index contributed by atoms with van der Waals surface area (Å²) >= 11 is 0. The molecule has 1 heterocycles. The number of imidazole rings is 1. The SMILES string of the molecule is CC(N)c1cnc(CC2CC2)[nH]1. The minimum atomic E-state index is 0.0745. The Bertz CT molecular complexity index is 260. The Labute approximate surface area is 72.4 Å². The first-order valence-corrected chi connectivity index (χ1v) is 4.55. The van der Waals surface area contributed by atoms with Crippen molar-refractivity contribution in [3.63, 3.8) is 0 Å². The summed E-state index contributed by atoms with van der Waals surface area (Å²) in [5, 5.41) is 0.